The van der Waals surface area contributed by atoms with E-state index in [1.54, 1.807) is 36.4 Å². The molecule has 1 aliphatic heterocycles. The highest BCUT2D eigenvalue weighted by atomic mass is 32.2. The Hall–Kier alpha value is -3.32. The summed E-state index contributed by atoms with van der Waals surface area (Å²) in [4.78, 5) is 13.3. The summed E-state index contributed by atoms with van der Waals surface area (Å²) < 4.78 is 34.1. The van der Waals surface area contributed by atoms with Crippen LogP contribution in [0.4, 0.5) is 5.69 Å². The number of carbonyl (C=O) groups excluding carboxylic acids is 1. The number of nitrogens with zero attached hydrogens (tertiary/aromatic N) is 1. The van der Waals surface area contributed by atoms with Gasteiger partial charge in [0, 0.05) is 0 Å². The molecular weight excluding hydrogens is 460 g/mol. The van der Waals surface area contributed by atoms with Gasteiger partial charge in [0.1, 0.15) is 5.75 Å². The van der Waals surface area contributed by atoms with Crippen molar-refractivity contribution >= 4 is 21.6 Å². The van der Waals surface area contributed by atoms with Crippen LogP contribution in [0.25, 0.3) is 0 Å². The van der Waals surface area contributed by atoms with Crippen molar-refractivity contribution in [3.8, 4) is 5.75 Å². The lowest BCUT2D eigenvalue weighted by molar-refractivity contribution is -0.128. The van der Waals surface area contributed by atoms with Crippen molar-refractivity contribution in [2.75, 3.05) is 10.8 Å². The van der Waals surface area contributed by atoms with Gasteiger partial charge in [-0.2, -0.15) is 0 Å². The van der Waals surface area contributed by atoms with E-state index in [4.69, 9.17) is 4.74 Å². The van der Waals surface area contributed by atoms with E-state index in [0.717, 1.165) is 18.4 Å². The van der Waals surface area contributed by atoms with Crippen LogP contribution in [-0.2, 0) is 33.4 Å². The molecule has 0 aromatic heterocycles. The molecule has 0 radical (unpaired) electrons. The predicted molar refractivity (Wildman–Crippen MR) is 137 cm³/mol. The van der Waals surface area contributed by atoms with Crippen LogP contribution >= 0.6 is 0 Å². The maximum Gasteiger partial charge on any atom is 0.263 e. The Morgan fingerprint density at radius 1 is 1.00 bits per heavy atom. The third kappa shape index (κ3) is 5.05. The number of carbonyl (C=O) groups is 1. The standard InChI is InChI=1S/C28H30N2O4S/c1-20(23-16-15-22-11-5-6-12-24(22)17-23)29-28(31)27-18-30(25-13-7-8-14-26(25)34-27)35(32,33)19-21-9-3-2-4-10-21/h2-4,7-10,13-17,20,27H,5-6,11-12,18-19H2,1H3,(H,29,31). The SMILES string of the molecule is CC(NC(=O)C1CN(S(=O)(=O)Cc2ccccc2)c2ccccc2O1)c1ccc2c(c1)CCCC2. The number of nitrogens with one attached hydrogen (secondary N) is 1. The summed E-state index contributed by atoms with van der Waals surface area (Å²) in [6.45, 7) is 1.87. The fourth-order valence-corrected chi connectivity index (χ4v) is 6.46. The van der Waals surface area contributed by atoms with E-state index < -0.39 is 16.1 Å². The molecule has 0 spiro atoms. The van der Waals surface area contributed by atoms with Crippen molar-refractivity contribution in [3.05, 3.63) is 95.1 Å². The third-order valence-corrected chi connectivity index (χ3v) is 8.50. The van der Waals surface area contributed by atoms with Crippen molar-refractivity contribution in [1.82, 2.24) is 5.32 Å². The van der Waals surface area contributed by atoms with Crippen LogP contribution in [0.2, 0.25) is 0 Å². The predicted octanol–water partition coefficient (Wildman–Crippen LogP) is 4.54. The fourth-order valence-electron chi connectivity index (χ4n) is 4.88. The molecule has 1 N–H and O–H groups in total. The number of para-hydroxylation sites is 2. The molecule has 1 aliphatic carbocycles. The second kappa shape index (κ2) is 9.74. The minimum atomic E-state index is -3.73. The lowest BCUT2D eigenvalue weighted by Gasteiger charge is -2.35. The quantitative estimate of drug-likeness (QED) is 0.551. The molecule has 0 saturated heterocycles. The molecule has 182 valence electrons. The van der Waals surface area contributed by atoms with Gasteiger partial charge in [-0.3, -0.25) is 9.10 Å². The molecule has 0 fully saturated rings. The number of hydrogen-bond acceptors (Lipinski definition) is 4. The van der Waals surface area contributed by atoms with Crippen molar-refractivity contribution in [3.63, 3.8) is 0 Å². The first-order chi connectivity index (χ1) is 16.9. The molecule has 35 heavy (non-hydrogen) atoms. The van der Waals surface area contributed by atoms with Crippen LogP contribution in [0.1, 0.15) is 48.1 Å². The average Bonchev–Trinajstić information content (AvgIpc) is 2.88. The molecule has 3 aromatic rings. The highest BCUT2D eigenvalue weighted by Crippen LogP contribution is 2.36. The van der Waals surface area contributed by atoms with Gasteiger partial charge < -0.3 is 10.1 Å². The second-order valence-electron chi connectivity index (χ2n) is 9.31. The minimum absolute atomic E-state index is 0.0745. The first-order valence-electron chi connectivity index (χ1n) is 12.1. The van der Waals surface area contributed by atoms with E-state index in [1.165, 1.54) is 28.3 Å². The van der Waals surface area contributed by atoms with Gasteiger partial charge in [0.25, 0.3) is 5.91 Å². The smallest absolute Gasteiger partial charge is 0.263 e. The van der Waals surface area contributed by atoms with Gasteiger partial charge in [0.15, 0.2) is 6.10 Å². The number of hydrogen-bond donors (Lipinski definition) is 1. The second-order valence-corrected chi connectivity index (χ2v) is 11.2. The normalized spacial score (nSPS) is 18.1. The molecule has 1 amide bonds. The fraction of sp³-hybridized carbons (Fsp3) is 0.321. The zero-order chi connectivity index (χ0) is 24.4. The summed E-state index contributed by atoms with van der Waals surface area (Å²) in [6, 6.07) is 22.2. The Kier molecular flexibility index (Phi) is 6.52. The largest absolute Gasteiger partial charge is 0.476 e. The van der Waals surface area contributed by atoms with E-state index in [-0.39, 0.29) is 24.2 Å². The van der Waals surface area contributed by atoms with Crippen LogP contribution in [0.3, 0.4) is 0 Å². The number of ether oxygens (including phenoxy) is 1. The summed E-state index contributed by atoms with van der Waals surface area (Å²) in [5, 5.41) is 3.04. The maximum atomic E-state index is 13.4. The van der Waals surface area contributed by atoms with Crippen LogP contribution < -0.4 is 14.4 Å². The lowest BCUT2D eigenvalue weighted by Crippen LogP contribution is -2.51. The molecule has 5 rings (SSSR count). The summed E-state index contributed by atoms with van der Waals surface area (Å²) >= 11 is 0. The molecule has 2 unspecified atom stereocenters. The molecule has 3 aromatic carbocycles. The molecule has 6 nitrogen and oxygen atoms in total. The van der Waals surface area contributed by atoms with E-state index in [9.17, 15) is 13.2 Å². The van der Waals surface area contributed by atoms with Crippen molar-refractivity contribution in [2.24, 2.45) is 0 Å². The van der Waals surface area contributed by atoms with Gasteiger partial charge in [0.05, 0.1) is 24.0 Å². The maximum absolute atomic E-state index is 13.4. The first kappa shape index (κ1) is 23.4. The van der Waals surface area contributed by atoms with Gasteiger partial charge in [-0.15, -0.1) is 0 Å². The molecule has 7 heteroatoms. The monoisotopic (exact) mass is 490 g/mol. The Morgan fingerprint density at radius 3 is 2.51 bits per heavy atom. The lowest BCUT2D eigenvalue weighted by atomic mass is 9.89. The van der Waals surface area contributed by atoms with E-state index in [1.807, 2.05) is 25.1 Å². The third-order valence-electron chi connectivity index (χ3n) is 6.79. The van der Waals surface area contributed by atoms with Crippen LogP contribution in [0.15, 0.2) is 72.8 Å². The number of sulfonamides is 1. The Bertz CT molecular complexity index is 1320. The molecular formula is C28H30N2O4S. The summed E-state index contributed by atoms with van der Waals surface area (Å²) in [5.74, 6) is -0.0937. The van der Waals surface area contributed by atoms with Gasteiger partial charge in [-0.05, 0) is 67.0 Å². The van der Waals surface area contributed by atoms with Crippen molar-refractivity contribution in [2.45, 2.75) is 50.5 Å². The van der Waals surface area contributed by atoms with Gasteiger partial charge in [-0.1, -0.05) is 60.7 Å². The number of amides is 1. The van der Waals surface area contributed by atoms with Crippen molar-refractivity contribution in [1.29, 1.82) is 0 Å². The Morgan fingerprint density at radius 2 is 1.71 bits per heavy atom. The zero-order valence-corrected chi connectivity index (χ0v) is 20.6. The molecule has 2 atom stereocenters. The van der Waals surface area contributed by atoms with Gasteiger partial charge in [-0.25, -0.2) is 8.42 Å². The van der Waals surface area contributed by atoms with Crippen molar-refractivity contribution < 1.29 is 17.9 Å². The molecule has 0 saturated carbocycles. The van der Waals surface area contributed by atoms with E-state index in [0.29, 0.717) is 17.0 Å². The summed E-state index contributed by atoms with van der Waals surface area (Å²) in [7, 11) is -3.73. The van der Waals surface area contributed by atoms with Crippen LogP contribution in [0.5, 0.6) is 5.75 Å². The zero-order valence-electron chi connectivity index (χ0n) is 19.8. The summed E-state index contributed by atoms with van der Waals surface area (Å²) in [6.07, 6.45) is 3.65. The molecule has 2 aliphatic rings. The summed E-state index contributed by atoms with van der Waals surface area (Å²) in [5.41, 5.74) is 4.94. The first-order valence-corrected chi connectivity index (χ1v) is 13.7. The number of aryl methyl sites for hydroxylation is 2. The molecule has 1 heterocycles. The Labute approximate surface area is 207 Å². The van der Waals surface area contributed by atoms with Gasteiger partial charge in [0.2, 0.25) is 10.0 Å². The number of rotatable bonds is 6. The topological polar surface area (TPSA) is 75.7 Å². The average molecular weight is 491 g/mol. The highest BCUT2D eigenvalue weighted by molar-refractivity contribution is 7.92. The number of benzene rings is 3. The van der Waals surface area contributed by atoms with E-state index in [2.05, 4.69) is 23.5 Å². The number of fused-ring (bicyclic) bond motifs is 2. The van der Waals surface area contributed by atoms with Crippen LogP contribution in [0, 0.1) is 0 Å². The van der Waals surface area contributed by atoms with E-state index >= 15 is 0 Å². The number of anilines is 1. The van der Waals surface area contributed by atoms with Crippen LogP contribution in [-0.4, -0.2) is 27.0 Å². The Balaban J connectivity index is 1.35. The van der Waals surface area contributed by atoms with Gasteiger partial charge >= 0.3 is 0 Å². The highest BCUT2D eigenvalue weighted by Gasteiger charge is 2.37. The minimum Gasteiger partial charge on any atom is -0.476 e. The molecule has 0 bridgehead atoms.